The van der Waals surface area contributed by atoms with E-state index in [2.05, 4.69) is 23.3 Å². The molecule has 0 aliphatic heterocycles. The molecular formula is C18H31N3. The fourth-order valence-electron chi connectivity index (χ4n) is 4.44. The van der Waals surface area contributed by atoms with Gasteiger partial charge in [-0.3, -0.25) is 5.32 Å². The van der Waals surface area contributed by atoms with Gasteiger partial charge in [0, 0.05) is 18.1 Å². The predicted molar refractivity (Wildman–Crippen MR) is 86.0 cm³/mol. The van der Waals surface area contributed by atoms with Crippen molar-refractivity contribution in [2.24, 2.45) is 0 Å². The molecule has 0 spiro atoms. The Morgan fingerprint density at radius 2 is 1.62 bits per heavy atom. The summed E-state index contributed by atoms with van der Waals surface area (Å²) < 4.78 is 0. The van der Waals surface area contributed by atoms with Gasteiger partial charge in [0.2, 0.25) is 0 Å². The number of hydrogen-bond acceptors (Lipinski definition) is 3. The van der Waals surface area contributed by atoms with Crippen LogP contribution in [0.15, 0.2) is 0 Å². The molecule has 2 atom stereocenters. The Hall–Kier alpha value is -0.590. The van der Waals surface area contributed by atoms with Crippen molar-refractivity contribution in [1.82, 2.24) is 10.2 Å². The van der Waals surface area contributed by atoms with Crippen LogP contribution in [0.2, 0.25) is 0 Å². The van der Waals surface area contributed by atoms with Gasteiger partial charge < -0.3 is 4.90 Å². The number of nitrogens with zero attached hydrogens (tertiary/aromatic N) is 2. The third-order valence-corrected chi connectivity index (χ3v) is 5.97. The minimum Gasteiger partial charge on any atom is -0.300 e. The minimum atomic E-state index is -0.233. The van der Waals surface area contributed by atoms with Crippen molar-refractivity contribution in [1.29, 1.82) is 5.26 Å². The summed E-state index contributed by atoms with van der Waals surface area (Å²) in [6.45, 7) is 0. The molecule has 118 valence electrons. The molecule has 21 heavy (non-hydrogen) atoms. The van der Waals surface area contributed by atoms with Gasteiger partial charge in [-0.15, -0.1) is 0 Å². The second-order valence-electron chi connectivity index (χ2n) is 7.67. The molecule has 0 amide bonds. The highest BCUT2D eigenvalue weighted by Crippen LogP contribution is 2.35. The van der Waals surface area contributed by atoms with Crippen molar-refractivity contribution in [3.8, 4) is 6.07 Å². The van der Waals surface area contributed by atoms with Crippen LogP contribution >= 0.6 is 0 Å². The molecule has 3 nitrogen and oxygen atoms in total. The van der Waals surface area contributed by atoms with Crippen LogP contribution in [0.3, 0.4) is 0 Å². The van der Waals surface area contributed by atoms with Gasteiger partial charge in [-0.2, -0.15) is 5.26 Å². The molecule has 3 rings (SSSR count). The first kappa shape index (κ1) is 15.3. The van der Waals surface area contributed by atoms with Crippen LogP contribution in [0.1, 0.15) is 77.0 Å². The van der Waals surface area contributed by atoms with Crippen molar-refractivity contribution in [2.45, 2.75) is 101 Å². The molecule has 0 heterocycles. The van der Waals surface area contributed by atoms with Gasteiger partial charge in [0.25, 0.3) is 0 Å². The lowest BCUT2D eigenvalue weighted by molar-refractivity contribution is 0.0968. The quantitative estimate of drug-likeness (QED) is 0.804. The molecular weight excluding hydrogens is 258 g/mol. The standard InChI is InChI=1S/C18H31N3/c1-21(16-7-4-2-3-5-8-16)17-9-6-12-18(13-17,14-19)20-15-10-11-15/h15-17,20H,2-13H2,1H3. The summed E-state index contributed by atoms with van der Waals surface area (Å²) >= 11 is 0. The first-order chi connectivity index (χ1) is 10.2. The number of nitriles is 1. The number of hydrogen-bond donors (Lipinski definition) is 1. The zero-order valence-electron chi connectivity index (χ0n) is 13.6. The highest BCUT2D eigenvalue weighted by Gasteiger charge is 2.42. The van der Waals surface area contributed by atoms with E-state index in [1.165, 1.54) is 64.2 Å². The van der Waals surface area contributed by atoms with E-state index >= 15 is 0 Å². The van der Waals surface area contributed by atoms with E-state index < -0.39 is 0 Å². The Labute approximate surface area is 130 Å². The van der Waals surface area contributed by atoms with E-state index in [0.29, 0.717) is 12.1 Å². The van der Waals surface area contributed by atoms with E-state index in [9.17, 15) is 5.26 Å². The van der Waals surface area contributed by atoms with Crippen molar-refractivity contribution >= 4 is 0 Å². The van der Waals surface area contributed by atoms with E-state index in [0.717, 1.165) is 18.9 Å². The maximum absolute atomic E-state index is 9.74. The Morgan fingerprint density at radius 3 is 2.24 bits per heavy atom. The summed E-state index contributed by atoms with van der Waals surface area (Å²) in [6.07, 6.45) is 15.5. The molecule has 3 saturated carbocycles. The van der Waals surface area contributed by atoms with Gasteiger partial charge in [-0.1, -0.05) is 25.7 Å². The molecule has 3 fully saturated rings. The highest BCUT2D eigenvalue weighted by molar-refractivity contribution is 5.13. The summed E-state index contributed by atoms with van der Waals surface area (Å²) in [5.74, 6) is 0. The normalized spacial score (nSPS) is 35.4. The molecule has 0 aromatic rings. The van der Waals surface area contributed by atoms with Crippen LogP contribution in [-0.4, -0.2) is 35.6 Å². The highest BCUT2D eigenvalue weighted by atomic mass is 15.2. The molecule has 0 radical (unpaired) electrons. The lowest BCUT2D eigenvalue weighted by atomic mass is 9.78. The molecule has 3 aliphatic rings. The molecule has 0 aromatic carbocycles. The summed E-state index contributed by atoms with van der Waals surface area (Å²) in [4.78, 5) is 2.64. The van der Waals surface area contributed by atoms with Crippen LogP contribution in [-0.2, 0) is 0 Å². The second kappa shape index (κ2) is 6.67. The Morgan fingerprint density at radius 1 is 0.952 bits per heavy atom. The van der Waals surface area contributed by atoms with Gasteiger partial charge in [-0.05, 0) is 58.4 Å². The van der Waals surface area contributed by atoms with E-state index in [1.807, 2.05) is 0 Å². The first-order valence-corrected chi connectivity index (χ1v) is 9.13. The van der Waals surface area contributed by atoms with Gasteiger partial charge in [0.15, 0.2) is 0 Å². The monoisotopic (exact) mass is 289 g/mol. The Balaban J connectivity index is 1.62. The Bertz CT molecular complexity index is 376. The van der Waals surface area contributed by atoms with Crippen LogP contribution in [0.25, 0.3) is 0 Å². The molecule has 3 heteroatoms. The number of nitrogens with one attached hydrogen (secondary N) is 1. The van der Waals surface area contributed by atoms with E-state index in [1.54, 1.807) is 0 Å². The molecule has 0 saturated heterocycles. The Kier molecular flexibility index (Phi) is 4.86. The third kappa shape index (κ3) is 3.79. The van der Waals surface area contributed by atoms with E-state index in [-0.39, 0.29) is 5.54 Å². The molecule has 1 N–H and O–H groups in total. The average Bonchev–Trinajstić information content (AvgIpc) is 3.33. The predicted octanol–water partition coefficient (Wildman–Crippen LogP) is 3.60. The van der Waals surface area contributed by atoms with Gasteiger partial charge in [0.05, 0.1) is 6.07 Å². The van der Waals surface area contributed by atoms with Crippen molar-refractivity contribution in [3.05, 3.63) is 0 Å². The van der Waals surface area contributed by atoms with Crippen LogP contribution < -0.4 is 5.32 Å². The SMILES string of the molecule is CN(C1CCCCCC1)C1CCCC(C#N)(NC2CC2)C1. The summed E-state index contributed by atoms with van der Waals surface area (Å²) in [5, 5.41) is 13.4. The summed E-state index contributed by atoms with van der Waals surface area (Å²) in [7, 11) is 2.32. The zero-order valence-corrected chi connectivity index (χ0v) is 13.6. The van der Waals surface area contributed by atoms with Gasteiger partial charge in [-0.25, -0.2) is 0 Å². The largest absolute Gasteiger partial charge is 0.300 e. The topological polar surface area (TPSA) is 39.1 Å². The lowest BCUT2D eigenvalue weighted by Crippen LogP contribution is -2.54. The summed E-state index contributed by atoms with van der Waals surface area (Å²) in [5.41, 5.74) is -0.233. The smallest absolute Gasteiger partial charge is 0.108 e. The lowest BCUT2D eigenvalue weighted by Gasteiger charge is -2.43. The third-order valence-electron chi connectivity index (χ3n) is 5.97. The van der Waals surface area contributed by atoms with Crippen LogP contribution in [0.4, 0.5) is 0 Å². The fraction of sp³-hybridized carbons (Fsp3) is 0.944. The van der Waals surface area contributed by atoms with Crippen molar-refractivity contribution in [3.63, 3.8) is 0 Å². The zero-order chi connectivity index (χ0) is 14.7. The minimum absolute atomic E-state index is 0.233. The summed E-state index contributed by atoms with van der Waals surface area (Å²) in [6, 6.07) is 4.64. The van der Waals surface area contributed by atoms with E-state index in [4.69, 9.17) is 0 Å². The fourth-order valence-corrected chi connectivity index (χ4v) is 4.44. The van der Waals surface area contributed by atoms with Crippen molar-refractivity contribution < 1.29 is 0 Å². The first-order valence-electron chi connectivity index (χ1n) is 9.13. The average molecular weight is 289 g/mol. The maximum Gasteiger partial charge on any atom is 0.108 e. The van der Waals surface area contributed by atoms with Crippen LogP contribution in [0.5, 0.6) is 0 Å². The second-order valence-corrected chi connectivity index (χ2v) is 7.67. The maximum atomic E-state index is 9.74. The van der Waals surface area contributed by atoms with Crippen molar-refractivity contribution in [2.75, 3.05) is 7.05 Å². The van der Waals surface area contributed by atoms with Crippen LogP contribution in [0, 0.1) is 11.3 Å². The molecule has 0 aromatic heterocycles. The molecule has 2 unspecified atom stereocenters. The number of rotatable bonds is 4. The van der Waals surface area contributed by atoms with Gasteiger partial charge >= 0.3 is 0 Å². The van der Waals surface area contributed by atoms with Gasteiger partial charge in [0.1, 0.15) is 5.54 Å². The molecule has 3 aliphatic carbocycles. The molecule has 0 bridgehead atoms.